The van der Waals surface area contributed by atoms with Crippen molar-refractivity contribution in [1.29, 1.82) is 0 Å². The number of para-hydroxylation sites is 2. The molecule has 4 rings (SSSR count). The second kappa shape index (κ2) is 5.60. The number of aromatic nitrogens is 2. The molecular formula is C17H17N3O4S. The molecule has 1 amide bonds. The van der Waals surface area contributed by atoms with E-state index in [2.05, 4.69) is 9.97 Å². The minimum atomic E-state index is -1.13. The van der Waals surface area contributed by atoms with Crippen LogP contribution in [0.3, 0.4) is 0 Å². The highest BCUT2D eigenvalue weighted by Crippen LogP contribution is 2.51. The second-order valence-corrected chi connectivity index (χ2v) is 7.46. The number of carboxylic acid groups (broad SMARTS) is 1. The number of β-lactam (4-membered cyclic amide) rings is 1. The number of carbonyl (C=O) groups excluding carboxylic acids is 1. The first-order valence-electron chi connectivity index (χ1n) is 8.01. The minimum Gasteiger partial charge on any atom is -0.477 e. The molecule has 4 atom stereocenters. The predicted molar refractivity (Wildman–Crippen MR) is 91.6 cm³/mol. The van der Waals surface area contributed by atoms with Gasteiger partial charge in [0, 0.05) is 10.8 Å². The number of carbonyl (C=O) groups is 2. The number of amides is 1. The first-order chi connectivity index (χ1) is 11.9. The van der Waals surface area contributed by atoms with Crippen molar-refractivity contribution in [2.24, 2.45) is 11.8 Å². The van der Waals surface area contributed by atoms with Gasteiger partial charge in [0.2, 0.25) is 5.91 Å². The van der Waals surface area contributed by atoms with Crippen LogP contribution in [0.4, 0.5) is 0 Å². The van der Waals surface area contributed by atoms with Gasteiger partial charge in [0.1, 0.15) is 5.70 Å². The van der Waals surface area contributed by atoms with Crippen LogP contribution < -0.4 is 0 Å². The Morgan fingerprint density at radius 2 is 2.12 bits per heavy atom. The third kappa shape index (κ3) is 2.28. The number of aliphatic hydroxyl groups is 1. The summed E-state index contributed by atoms with van der Waals surface area (Å²) in [6.45, 7) is 3.46. The minimum absolute atomic E-state index is 0.00450. The van der Waals surface area contributed by atoms with Crippen LogP contribution in [0.25, 0.3) is 11.0 Å². The maximum absolute atomic E-state index is 12.3. The normalized spacial score (nSPS) is 26.8. The van der Waals surface area contributed by atoms with E-state index in [1.807, 2.05) is 31.2 Å². The zero-order valence-electron chi connectivity index (χ0n) is 13.6. The van der Waals surface area contributed by atoms with Crippen molar-refractivity contribution >= 4 is 34.7 Å². The number of nitrogens with zero attached hydrogens (tertiary/aromatic N) is 2. The van der Waals surface area contributed by atoms with Crippen LogP contribution in [0.2, 0.25) is 0 Å². The molecular weight excluding hydrogens is 342 g/mol. The molecule has 2 aliphatic heterocycles. The summed E-state index contributed by atoms with van der Waals surface area (Å²) in [7, 11) is 0. The summed E-state index contributed by atoms with van der Waals surface area (Å²) in [6, 6.07) is 7.24. The monoisotopic (exact) mass is 359 g/mol. The summed E-state index contributed by atoms with van der Waals surface area (Å²) < 4.78 is 0. The number of rotatable bonds is 4. The number of nitrogens with one attached hydrogen (secondary N) is 1. The Morgan fingerprint density at radius 3 is 2.76 bits per heavy atom. The zero-order chi connectivity index (χ0) is 17.9. The van der Waals surface area contributed by atoms with Gasteiger partial charge in [-0.05, 0) is 19.1 Å². The quantitative estimate of drug-likeness (QED) is 0.719. The van der Waals surface area contributed by atoms with E-state index in [0.717, 1.165) is 11.0 Å². The Bertz CT molecular complexity index is 887. The summed E-state index contributed by atoms with van der Waals surface area (Å²) in [4.78, 5) is 33.6. The Labute approximate surface area is 147 Å². The van der Waals surface area contributed by atoms with Crippen LogP contribution in [0.1, 0.15) is 13.8 Å². The molecule has 2 aliphatic rings. The lowest BCUT2D eigenvalue weighted by atomic mass is 9.79. The van der Waals surface area contributed by atoms with Gasteiger partial charge in [-0.2, -0.15) is 0 Å². The molecule has 7 nitrogen and oxygen atoms in total. The smallest absolute Gasteiger partial charge is 0.353 e. The maximum atomic E-state index is 12.3. The fourth-order valence-corrected chi connectivity index (χ4v) is 4.86. The molecule has 2 aromatic rings. The van der Waals surface area contributed by atoms with Gasteiger partial charge in [-0.1, -0.05) is 30.8 Å². The lowest BCUT2D eigenvalue weighted by Gasteiger charge is -2.46. The van der Waals surface area contributed by atoms with Crippen LogP contribution in [-0.4, -0.2) is 49.1 Å². The molecule has 130 valence electrons. The SMILES string of the molecule is C[C@@H](O)[C@H]1C(=O)N2C(C(=O)O)=C(Sc3nc4ccccc4[nH]3)[C@H](C)[C@H]12. The Kier molecular flexibility index (Phi) is 3.62. The van der Waals surface area contributed by atoms with Gasteiger partial charge in [0.15, 0.2) is 5.16 Å². The summed E-state index contributed by atoms with van der Waals surface area (Å²) in [5.41, 5.74) is 1.67. The van der Waals surface area contributed by atoms with Gasteiger partial charge >= 0.3 is 5.97 Å². The number of hydrogen-bond acceptors (Lipinski definition) is 5. The van der Waals surface area contributed by atoms with Gasteiger partial charge in [-0.3, -0.25) is 4.79 Å². The molecule has 0 saturated carbocycles. The molecule has 0 spiro atoms. The molecule has 0 bridgehead atoms. The summed E-state index contributed by atoms with van der Waals surface area (Å²) in [5, 5.41) is 20.1. The molecule has 0 radical (unpaired) electrons. The van der Waals surface area contributed by atoms with Crippen molar-refractivity contribution in [2.45, 2.75) is 31.1 Å². The summed E-state index contributed by atoms with van der Waals surface area (Å²) in [5.74, 6) is -2.20. The second-order valence-electron chi connectivity index (χ2n) is 6.43. The highest BCUT2D eigenvalue weighted by molar-refractivity contribution is 8.03. The number of aliphatic hydroxyl groups excluding tert-OH is 1. The van der Waals surface area contributed by atoms with Crippen molar-refractivity contribution < 1.29 is 19.8 Å². The zero-order valence-corrected chi connectivity index (χ0v) is 14.4. The number of thioether (sulfide) groups is 1. The predicted octanol–water partition coefficient (Wildman–Crippen LogP) is 1.81. The molecule has 1 aromatic carbocycles. The van der Waals surface area contributed by atoms with Crippen molar-refractivity contribution in [3.8, 4) is 0 Å². The van der Waals surface area contributed by atoms with E-state index in [-0.39, 0.29) is 23.6 Å². The standard InChI is InChI=1S/C17H17N3O4S/c1-7-12-11(8(2)21)15(22)20(12)13(16(23)24)14(7)25-17-18-9-5-3-4-6-10(9)19-17/h3-8,11-12,21H,1-2H3,(H,18,19)(H,23,24)/t7-,8-,11-,12-/m1/s1. The average Bonchev–Trinajstić information content (AvgIpc) is 3.05. The largest absolute Gasteiger partial charge is 0.477 e. The van der Waals surface area contributed by atoms with E-state index in [9.17, 15) is 19.8 Å². The lowest BCUT2D eigenvalue weighted by Crippen LogP contribution is -2.63. The van der Waals surface area contributed by atoms with Gasteiger partial charge < -0.3 is 20.1 Å². The van der Waals surface area contributed by atoms with Crippen molar-refractivity contribution in [2.75, 3.05) is 0 Å². The van der Waals surface area contributed by atoms with E-state index in [4.69, 9.17) is 0 Å². The number of aliphatic carboxylic acids is 1. The molecule has 0 aliphatic carbocycles. The maximum Gasteiger partial charge on any atom is 0.353 e. The van der Waals surface area contributed by atoms with Crippen molar-refractivity contribution in [3.63, 3.8) is 0 Å². The highest BCUT2D eigenvalue weighted by atomic mass is 32.2. The molecule has 0 unspecified atom stereocenters. The van der Waals surface area contributed by atoms with Crippen LogP contribution >= 0.6 is 11.8 Å². The molecule has 1 saturated heterocycles. The summed E-state index contributed by atoms with van der Waals surface area (Å²) >= 11 is 1.24. The van der Waals surface area contributed by atoms with Crippen LogP contribution in [-0.2, 0) is 9.59 Å². The Hall–Kier alpha value is -2.32. The number of H-pyrrole nitrogens is 1. The number of imidazole rings is 1. The fraction of sp³-hybridized carbons (Fsp3) is 0.353. The third-order valence-corrected chi connectivity index (χ3v) is 6.06. The summed E-state index contributed by atoms with van der Waals surface area (Å²) in [6.07, 6.45) is -0.804. The highest BCUT2D eigenvalue weighted by Gasteiger charge is 2.60. The van der Waals surface area contributed by atoms with E-state index in [0.29, 0.717) is 10.1 Å². The van der Waals surface area contributed by atoms with E-state index in [1.165, 1.54) is 16.7 Å². The van der Waals surface area contributed by atoms with E-state index >= 15 is 0 Å². The van der Waals surface area contributed by atoms with Gasteiger partial charge in [0.25, 0.3) is 0 Å². The average molecular weight is 359 g/mol. The third-order valence-electron chi connectivity index (χ3n) is 4.89. The number of benzene rings is 1. The molecule has 25 heavy (non-hydrogen) atoms. The van der Waals surface area contributed by atoms with Crippen LogP contribution in [0.15, 0.2) is 40.0 Å². The molecule has 8 heteroatoms. The van der Waals surface area contributed by atoms with Crippen LogP contribution in [0, 0.1) is 11.8 Å². The number of carboxylic acids is 1. The van der Waals surface area contributed by atoms with E-state index in [1.54, 1.807) is 6.92 Å². The van der Waals surface area contributed by atoms with Gasteiger partial charge in [-0.25, -0.2) is 9.78 Å². The first-order valence-corrected chi connectivity index (χ1v) is 8.83. The van der Waals surface area contributed by atoms with Gasteiger partial charge in [0.05, 0.1) is 29.1 Å². The molecule has 3 N–H and O–H groups in total. The molecule has 1 aromatic heterocycles. The first kappa shape index (κ1) is 16.2. The number of hydrogen-bond donors (Lipinski definition) is 3. The van der Waals surface area contributed by atoms with Gasteiger partial charge in [-0.15, -0.1) is 0 Å². The molecule has 1 fully saturated rings. The van der Waals surface area contributed by atoms with Crippen molar-refractivity contribution in [3.05, 3.63) is 34.9 Å². The van der Waals surface area contributed by atoms with Crippen LogP contribution in [0.5, 0.6) is 0 Å². The Balaban J connectivity index is 1.72. The topological polar surface area (TPSA) is 107 Å². The van der Waals surface area contributed by atoms with E-state index < -0.39 is 18.0 Å². The number of aromatic amines is 1. The van der Waals surface area contributed by atoms with Crippen molar-refractivity contribution in [1.82, 2.24) is 14.9 Å². The molecule has 3 heterocycles. The number of fused-ring (bicyclic) bond motifs is 2. The lowest BCUT2D eigenvalue weighted by molar-refractivity contribution is -0.163. The fourth-order valence-electron chi connectivity index (χ4n) is 3.74. The Morgan fingerprint density at radius 1 is 1.40 bits per heavy atom.